The van der Waals surface area contributed by atoms with Crippen molar-refractivity contribution >= 4 is 29.1 Å². The Bertz CT molecular complexity index is 1160. The van der Waals surface area contributed by atoms with Crippen LogP contribution in [-0.4, -0.2) is 63.4 Å². The maximum absolute atomic E-state index is 13.6. The van der Waals surface area contributed by atoms with Crippen LogP contribution in [0, 0.1) is 0 Å². The van der Waals surface area contributed by atoms with Crippen molar-refractivity contribution in [2.45, 2.75) is 12.0 Å². The topological polar surface area (TPSA) is 60.0 Å². The number of halogens is 1. The Morgan fingerprint density at radius 3 is 2.55 bits per heavy atom. The molecular weight excluding hydrogens is 440 g/mol. The zero-order valence-corrected chi connectivity index (χ0v) is 19.7. The van der Waals surface area contributed by atoms with Crippen LogP contribution in [0.25, 0.3) is 21.9 Å². The lowest BCUT2D eigenvalue weighted by Gasteiger charge is -2.40. The number of hydrogen-bond donors (Lipinski definition) is 1. The van der Waals surface area contributed by atoms with E-state index in [0.29, 0.717) is 36.8 Å². The maximum atomic E-state index is 13.6. The number of carbonyl (C=O) groups is 1. The Morgan fingerprint density at radius 2 is 1.82 bits per heavy atom. The molecule has 0 aliphatic carbocycles. The Morgan fingerprint density at radius 1 is 1.00 bits per heavy atom. The summed E-state index contributed by atoms with van der Waals surface area (Å²) >= 11 is 0. The molecule has 7 heteroatoms. The minimum atomic E-state index is -0.252. The standard InChI is InChI=1S/C26H28N2O4.ClH/c1-30-23-9-5-8-21(24(23)31-2)20-10-11-22(19-7-4-3-6-18(19)20)25(29)28-14-15-32-26(17-28)12-13-27-16-26;/h3-11,27H,12-17H2,1-2H3;1H. The number of nitrogens with one attached hydrogen (secondary N) is 1. The van der Waals surface area contributed by atoms with E-state index >= 15 is 0 Å². The van der Waals surface area contributed by atoms with Gasteiger partial charge in [0.2, 0.25) is 0 Å². The first kappa shape index (κ1) is 23.4. The van der Waals surface area contributed by atoms with Gasteiger partial charge < -0.3 is 24.4 Å². The third-order valence-electron chi connectivity index (χ3n) is 6.59. The van der Waals surface area contributed by atoms with E-state index in [0.717, 1.165) is 41.4 Å². The lowest BCUT2D eigenvalue weighted by atomic mass is 9.93. The van der Waals surface area contributed by atoms with Gasteiger partial charge in [-0.2, -0.15) is 0 Å². The van der Waals surface area contributed by atoms with Crippen molar-refractivity contribution in [3.63, 3.8) is 0 Å². The molecule has 3 aromatic rings. The van der Waals surface area contributed by atoms with Crippen molar-refractivity contribution in [1.82, 2.24) is 10.2 Å². The summed E-state index contributed by atoms with van der Waals surface area (Å²) in [7, 11) is 3.28. The molecule has 33 heavy (non-hydrogen) atoms. The highest BCUT2D eigenvalue weighted by Gasteiger charge is 2.41. The second kappa shape index (κ2) is 9.59. The quantitative estimate of drug-likeness (QED) is 0.623. The van der Waals surface area contributed by atoms with Crippen molar-refractivity contribution < 1.29 is 19.0 Å². The minimum Gasteiger partial charge on any atom is -0.493 e. The molecule has 0 saturated carbocycles. The van der Waals surface area contributed by atoms with E-state index in [-0.39, 0.29) is 23.9 Å². The smallest absolute Gasteiger partial charge is 0.254 e. The Labute approximate surface area is 200 Å². The highest BCUT2D eigenvalue weighted by molar-refractivity contribution is 6.11. The fourth-order valence-electron chi connectivity index (χ4n) is 4.99. The first-order valence-electron chi connectivity index (χ1n) is 11.0. The summed E-state index contributed by atoms with van der Waals surface area (Å²) in [4.78, 5) is 15.6. The molecule has 1 spiro atoms. The summed E-state index contributed by atoms with van der Waals surface area (Å²) in [6.45, 7) is 3.54. The molecule has 0 aromatic heterocycles. The molecule has 0 radical (unpaired) electrons. The Balaban J connectivity index is 0.00000259. The van der Waals surface area contributed by atoms with E-state index in [4.69, 9.17) is 14.2 Å². The maximum Gasteiger partial charge on any atom is 0.254 e. The summed E-state index contributed by atoms with van der Waals surface area (Å²) in [6, 6.07) is 17.9. The predicted molar refractivity (Wildman–Crippen MR) is 132 cm³/mol. The summed E-state index contributed by atoms with van der Waals surface area (Å²) in [5.74, 6) is 1.42. The third kappa shape index (κ3) is 4.14. The van der Waals surface area contributed by atoms with Crippen molar-refractivity contribution in [3.8, 4) is 22.6 Å². The van der Waals surface area contributed by atoms with Crippen LogP contribution < -0.4 is 14.8 Å². The first-order chi connectivity index (χ1) is 15.7. The molecule has 0 bridgehead atoms. The van der Waals surface area contributed by atoms with Crippen LogP contribution in [0.2, 0.25) is 0 Å². The zero-order chi connectivity index (χ0) is 22.1. The molecule has 6 nitrogen and oxygen atoms in total. The molecule has 1 N–H and O–H groups in total. The van der Waals surface area contributed by atoms with Gasteiger partial charge in [-0.3, -0.25) is 4.79 Å². The fraction of sp³-hybridized carbons (Fsp3) is 0.346. The predicted octanol–water partition coefficient (Wildman–Crippen LogP) is 4.15. The first-order valence-corrected chi connectivity index (χ1v) is 11.0. The number of methoxy groups -OCH3 is 2. The molecule has 1 unspecified atom stereocenters. The zero-order valence-electron chi connectivity index (χ0n) is 18.9. The number of ether oxygens (including phenoxy) is 3. The third-order valence-corrected chi connectivity index (χ3v) is 6.59. The summed E-state index contributed by atoms with van der Waals surface area (Å²) in [5, 5.41) is 5.32. The monoisotopic (exact) mass is 468 g/mol. The largest absolute Gasteiger partial charge is 0.493 e. The highest BCUT2D eigenvalue weighted by Crippen LogP contribution is 2.41. The molecular formula is C26H29ClN2O4. The van der Waals surface area contributed by atoms with E-state index in [1.165, 1.54) is 0 Å². The Hall–Kier alpha value is -2.80. The van der Waals surface area contributed by atoms with Crippen LogP contribution in [0.5, 0.6) is 11.5 Å². The van der Waals surface area contributed by atoms with Crippen molar-refractivity contribution in [3.05, 3.63) is 60.2 Å². The molecule has 1 amide bonds. The van der Waals surface area contributed by atoms with Gasteiger partial charge in [-0.05, 0) is 41.4 Å². The lowest BCUT2D eigenvalue weighted by molar-refractivity contribution is -0.0866. The van der Waals surface area contributed by atoms with E-state index in [1.807, 2.05) is 53.4 Å². The lowest BCUT2D eigenvalue weighted by Crippen LogP contribution is -2.54. The minimum absolute atomic E-state index is 0. The molecule has 3 aromatic carbocycles. The molecule has 2 aliphatic heterocycles. The van der Waals surface area contributed by atoms with Crippen LogP contribution in [-0.2, 0) is 4.74 Å². The molecule has 2 saturated heterocycles. The van der Waals surface area contributed by atoms with Gasteiger partial charge in [0, 0.05) is 24.2 Å². The van der Waals surface area contributed by atoms with Gasteiger partial charge >= 0.3 is 0 Å². The number of fused-ring (bicyclic) bond motifs is 1. The second-order valence-corrected chi connectivity index (χ2v) is 8.43. The Kier molecular flexibility index (Phi) is 6.79. The summed E-state index contributed by atoms with van der Waals surface area (Å²) in [6.07, 6.45) is 0.937. The van der Waals surface area contributed by atoms with Gasteiger partial charge in [-0.1, -0.05) is 42.5 Å². The number of benzene rings is 3. The van der Waals surface area contributed by atoms with Crippen LogP contribution >= 0.6 is 12.4 Å². The van der Waals surface area contributed by atoms with Crippen molar-refractivity contribution in [2.75, 3.05) is 47.0 Å². The van der Waals surface area contributed by atoms with Gasteiger partial charge in [-0.15, -0.1) is 12.4 Å². The summed E-state index contributed by atoms with van der Waals surface area (Å²) < 4.78 is 17.2. The number of nitrogens with zero attached hydrogens (tertiary/aromatic N) is 1. The molecule has 1 atom stereocenters. The molecule has 5 rings (SSSR count). The van der Waals surface area contributed by atoms with Gasteiger partial charge in [0.25, 0.3) is 5.91 Å². The van der Waals surface area contributed by atoms with Crippen molar-refractivity contribution in [2.24, 2.45) is 0 Å². The number of carbonyl (C=O) groups excluding carboxylic acids is 1. The number of rotatable bonds is 4. The number of morpholine rings is 1. The fourth-order valence-corrected chi connectivity index (χ4v) is 4.99. The molecule has 2 fully saturated rings. The van der Waals surface area contributed by atoms with Gasteiger partial charge in [-0.25, -0.2) is 0 Å². The van der Waals surface area contributed by atoms with Crippen LogP contribution in [0.4, 0.5) is 0 Å². The van der Waals surface area contributed by atoms with E-state index < -0.39 is 0 Å². The van der Waals surface area contributed by atoms with E-state index in [9.17, 15) is 4.79 Å². The SMILES string of the molecule is COc1cccc(-c2ccc(C(=O)N3CCOC4(CCNC4)C3)c3ccccc23)c1OC.Cl. The molecule has 174 valence electrons. The average Bonchev–Trinajstić information content (AvgIpc) is 3.29. The van der Waals surface area contributed by atoms with Gasteiger partial charge in [0.1, 0.15) is 0 Å². The average molecular weight is 469 g/mol. The molecule has 2 aliphatic rings. The second-order valence-electron chi connectivity index (χ2n) is 8.43. The van der Waals surface area contributed by atoms with Crippen LogP contribution in [0.3, 0.4) is 0 Å². The summed E-state index contributed by atoms with van der Waals surface area (Å²) in [5.41, 5.74) is 2.41. The molecule has 2 heterocycles. The normalized spacial score (nSPS) is 20.0. The van der Waals surface area contributed by atoms with E-state index in [1.54, 1.807) is 14.2 Å². The highest BCUT2D eigenvalue weighted by atomic mass is 35.5. The number of amides is 1. The van der Waals surface area contributed by atoms with Crippen LogP contribution in [0.15, 0.2) is 54.6 Å². The number of hydrogen-bond acceptors (Lipinski definition) is 5. The van der Waals surface area contributed by atoms with Crippen molar-refractivity contribution in [1.29, 1.82) is 0 Å². The van der Waals surface area contributed by atoms with Crippen LogP contribution in [0.1, 0.15) is 16.8 Å². The van der Waals surface area contributed by atoms with E-state index in [2.05, 4.69) is 11.4 Å². The van der Waals surface area contributed by atoms with Gasteiger partial charge in [0.15, 0.2) is 11.5 Å². The number of para-hydroxylation sites is 1. The van der Waals surface area contributed by atoms with Gasteiger partial charge in [0.05, 0.1) is 33.0 Å².